The van der Waals surface area contributed by atoms with Crippen molar-refractivity contribution in [1.29, 1.82) is 0 Å². The second-order valence-electron chi connectivity index (χ2n) is 5.57. The summed E-state index contributed by atoms with van der Waals surface area (Å²) < 4.78 is 0. The lowest BCUT2D eigenvalue weighted by atomic mass is 9.88. The molecule has 0 heterocycles. The van der Waals surface area contributed by atoms with Gasteiger partial charge in [-0.1, -0.05) is 38.1 Å². The quantitative estimate of drug-likeness (QED) is 0.854. The zero-order valence-electron chi connectivity index (χ0n) is 11.9. The van der Waals surface area contributed by atoms with E-state index in [0.717, 1.165) is 25.8 Å². The highest BCUT2D eigenvalue weighted by Crippen LogP contribution is 2.29. The van der Waals surface area contributed by atoms with Gasteiger partial charge in [-0.15, -0.1) is 0 Å². The number of amides is 1. The average molecular weight is 260 g/mol. The number of aryl methyl sites for hydroxylation is 1. The first-order valence-corrected chi connectivity index (χ1v) is 7.27. The van der Waals surface area contributed by atoms with Gasteiger partial charge in [0.15, 0.2) is 0 Å². The van der Waals surface area contributed by atoms with E-state index in [1.165, 1.54) is 11.1 Å². The van der Waals surface area contributed by atoms with Crippen molar-refractivity contribution in [2.24, 2.45) is 0 Å². The standard InChI is InChI=1S/C16H24N2O/c1-12(2)17-11-10-16(19)18-15-9-5-7-13-6-3-4-8-14(13)15/h3-4,6,8,12,15,17H,5,7,9-11H2,1-2H3,(H,18,19). The smallest absolute Gasteiger partial charge is 0.221 e. The predicted molar refractivity (Wildman–Crippen MR) is 78.0 cm³/mol. The summed E-state index contributed by atoms with van der Waals surface area (Å²) >= 11 is 0. The van der Waals surface area contributed by atoms with Crippen molar-refractivity contribution >= 4 is 5.91 Å². The second kappa shape index (κ2) is 6.71. The Bertz CT molecular complexity index is 429. The number of rotatable bonds is 5. The molecule has 0 saturated carbocycles. The molecule has 2 N–H and O–H groups in total. The van der Waals surface area contributed by atoms with E-state index < -0.39 is 0 Å². The van der Waals surface area contributed by atoms with Gasteiger partial charge in [-0.05, 0) is 30.4 Å². The van der Waals surface area contributed by atoms with E-state index >= 15 is 0 Å². The van der Waals surface area contributed by atoms with Crippen molar-refractivity contribution in [1.82, 2.24) is 10.6 Å². The minimum Gasteiger partial charge on any atom is -0.349 e. The summed E-state index contributed by atoms with van der Waals surface area (Å²) in [6.07, 6.45) is 3.90. The Morgan fingerprint density at radius 2 is 2.16 bits per heavy atom. The predicted octanol–water partition coefficient (Wildman–Crippen LogP) is 2.57. The van der Waals surface area contributed by atoms with Crippen molar-refractivity contribution in [3.05, 3.63) is 35.4 Å². The molecule has 1 atom stereocenters. The van der Waals surface area contributed by atoms with Crippen LogP contribution in [0.2, 0.25) is 0 Å². The number of fused-ring (bicyclic) bond motifs is 1. The first kappa shape index (κ1) is 14.1. The molecule has 0 fully saturated rings. The summed E-state index contributed by atoms with van der Waals surface area (Å²) in [5, 5.41) is 6.44. The Balaban J connectivity index is 1.88. The molecule has 3 heteroatoms. The normalized spacial score (nSPS) is 18.2. The lowest BCUT2D eigenvalue weighted by Crippen LogP contribution is -2.34. The second-order valence-corrected chi connectivity index (χ2v) is 5.57. The van der Waals surface area contributed by atoms with Crippen LogP contribution >= 0.6 is 0 Å². The van der Waals surface area contributed by atoms with Gasteiger partial charge in [0.05, 0.1) is 6.04 Å². The van der Waals surface area contributed by atoms with Crippen molar-refractivity contribution in [3.8, 4) is 0 Å². The van der Waals surface area contributed by atoms with Gasteiger partial charge in [0.2, 0.25) is 5.91 Å². The van der Waals surface area contributed by atoms with Crippen LogP contribution < -0.4 is 10.6 Å². The molecule has 0 aromatic heterocycles. The largest absolute Gasteiger partial charge is 0.349 e. The third-order valence-corrected chi connectivity index (χ3v) is 3.61. The number of hydrogen-bond acceptors (Lipinski definition) is 2. The van der Waals surface area contributed by atoms with Crippen molar-refractivity contribution in [2.45, 2.75) is 51.6 Å². The molecule has 1 aromatic rings. The summed E-state index contributed by atoms with van der Waals surface area (Å²) in [7, 11) is 0. The fraction of sp³-hybridized carbons (Fsp3) is 0.562. The molecular weight excluding hydrogens is 236 g/mol. The van der Waals surface area contributed by atoms with Crippen LogP contribution in [0.25, 0.3) is 0 Å². The summed E-state index contributed by atoms with van der Waals surface area (Å²) in [6, 6.07) is 9.10. The molecular formula is C16H24N2O. The van der Waals surface area contributed by atoms with E-state index in [1.54, 1.807) is 0 Å². The third kappa shape index (κ3) is 4.06. The lowest BCUT2D eigenvalue weighted by Gasteiger charge is -2.26. The van der Waals surface area contributed by atoms with Crippen LogP contribution in [0, 0.1) is 0 Å². The fourth-order valence-electron chi connectivity index (χ4n) is 2.64. The van der Waals surface area contributed by atoms with Gasteiger partial charge in [0.1, 0.15) is 0 Å². The molecule has 0 radical (unpaired) electrons. The van der Waals surface area contributed by atoms with Gasteiger partial charge < -0.3 is 10.6 Å². The summed E-state index contributed by atoms with van der Waals surface area (Å²) in [4.78, 5) is 12.0. The van der Waals surface area contributed by atoms with Crippen molar-refractivity contribution in [2.75, 3.05) is 6.54 Å². The Kier molecular flexibility index (Phi) is 4.97. The number of carbonyl (C=O) groups excluding carboxylic acids is 1. The molecule has 3 nitrogen and oxygen atoms in total. The van der Waals surface area contributed by atoms with E-state index in [2.05, 4.69) is 48.7 Å². The van der Waals surface area contributed by atoms with Crippen LogP contribution in [0.15, 0.2) is 24.3 Å². The summed E-state index contributed by atoms with van der Waals surface area (Å²) in [5.74, 6) is 0.148. The first-order valence-electron chi connectivity index (χ1n) is 7.27. The molecule has 0 saturated heterocycles. The van der Waals surface area contributed by atoms with Gasteiger partial charge >= 0.3 is 0 Å². The Labute approximate surface area is 115 Å². The summed E-state index contributed by atoms with van der Waals surface area (Å²) in [6.45, 7) is 4.93. The molecule has 1 unspecified atom stereocenters. The molecule has 2 rings (SSSR count). The fourth-order valence-corrected chi connectivity index (χ4v) is 2.64. The zero-order valence-corrected chi connectivity index (χ0v) is 11.9. The zero-order chi connectivity index (χ0) is 13.7. The van der Waals surface area contributed by atoms with E-state index in [4.69, 9.17) is 0 Å². The maximum absolute atomic E-state index is 12.0. The van der Waals surface area contributed by atoms with Crippen LogP contribution in [0.3, 0.4) is 0 Å². The first-order chi connectivity index (χ1) is 9.16. The molecule has 1 amide bonds. The van der Waals surface area contributed by atoms with Crippen LogP contribution in [0.4, 0.5) is 0 Å². The Morgan fingerprint density at radius 1 is 1.37 bits per heavy atom. The molecule has 1 aromatic carbocycles. The molecule has 104 valence electrons. The van der Waals surface area contributed by atoms with Gasteiger partial charge in [0, 0.05) is 19.0 Å². The van der Waals surface area contributed by atoms with E-state index in [0.29, 0.717) is 12.5 Å². The van der Waals surface area contributed by atoms with Crippen LogP contribution in [0.5, 0.6) is 0 Å². The maximum atomic E-state index is 12.0. The maximum Gasteiger partial charge on any atom is 0.221 e. The monoisotopic (exact) mass is 260 g/mol. The molecule has 1 aliphatic carbocycles. The molecule has 19 heavy (non-hydrogen) atoms. The van der Waals surface area contributed by atoms with Gasteiger partial charge in [-0.3, -0.25) is 4.79 Å². The summed E-state index contributed by atoms with van der Waals surface area (Å²) in [5.41, 5.74) is 2.69. The number of benzene rings is 1. The van der Waals surface area contributed by atoms with Crippen LogP contribution in [-0.2, 0) is 11.2 Å². The van der Waals surface area contributed by atoms with E-state index in [-0.39, 0.29) is 11.9 Å². The topological polar surface area (TPSA) is 41.1 Å². The van der Waals surface area contributed by atoms with Gasteiger partial charge in [-0.2, -0.15) is 0 Å². The Morgan fingerprint density at radius 3 is 2.95 bits per heavy atom. The highest BCUT2D eigenvalue weighted by molar-refractivity contribution is 5.76. The lowest BCUT2D eigenvalue weighted by molar-refractivity contribution is -0.121. The number of hydrogen-bond donors (Lipinski definition) is 2. The molecule has 0 spiro atoms. The minimum atomic E-state index is 0.148. The third-order valence-electron chi connectivity index (χ3n) is 3.61. The van der Waals surface area contributed by atoms with Gasteiger partial charge in [0.25, 0.3) is 0 Å². The van der Waals surface area contributed by atoms with E-state index in [1.807, 2.05) is 0 Å². The van der Waals surface area contributed by atoms with Crippen LogP contribution in [-0.4, -0.2) is 18.5 Å². The molecule has 0 aliphatic heterocycles. The van der Waals surface area contributed by atoms with E-state index in [9.17, 15) is 4.79 Å². The number of nitrogens with one attached hydrogen (secondary N) is 2. The minimum absolute atomic E-state index is 0.148. The highest BCUT2D eigenvalue weighted by atomic mass is 16.1. The van der Waals surface area contributed by atoms with Crippen molar-refractivity contribution in [3.63, 3.8) is 0 Å². The van der Waals surface area contributed by atoms with Crippen LogP contribution in [0.1, 0.15) is 50.3 Å². The average Bonchev–Trinajstić information content (AvgIpc) is 2.39. The molecule has 0 bridgehead atoms. The highest BCUT2D eigenvalue weighted by Gasteiger charge is 2.20. The SMILES string of the molecule is CC(C)NCCC(=O)NC1CCCc2ccccc21. The Hall–Kier alpha value is -1.35. The number of carbonyl (C=O) groups is 1. The van der Waals surface area contributed by atoms with Crippen molar-refractivity contribution < 1.29 is 4.79 Å². The molecule has 1 aliphatic rings. The van der Waals surface area contributed by atoms with Gasteiger partial charge in [-0.25, -0.2) is 0 Å².